The molecule has 0 aromatic rings. The summed E-state index contributed by atoms with van der Waals surface area (Å²) in [6.45, 7) is 4.63. The maximum atomic E-state index is 12.8. The predicted molar refractivity (Wildman–Crippen MR) is 256 cm³/mol. The number of carbonyl (C=O) groups excluding carboxylic acids is 1. The summed E-state index contributed by atoms with van der Waals surface area (Å²) in [5, 5.41) is 40.2. The van der Waals surface area contributed by atoms with E-state index < -0.39 is 43.4 Å². The second kappa shape index (κ2) is 45.4. The molecule has 62 heavy (non-hydrogen) atoms. The number of aliphatic hydroxyl groups is 4. The van der Waals surface area contributed by atoms with E-state index in [4.69, 9.17) is 18.9 Å². The van der Waals surface area contributed by atoms with Crippen LogP contribution < -0.4 is 0 Å². The van der Waals surface area contributed by atoms with Crippen molar-refractivity contribution in [3.63, 3.8) is 0 Å². The van der Waals surface area contributed by atoms with Crippen LogP contribution in [0.5, 0.6) is 0 Å². The molecule has 4 N–H and O–H groups in total. The van der Waals surface area contributed by atoms with Gasteiger partial charge in [-0.15, -0.1) is 0 Å². The number of hydrogen-bond donors (Lipinski definition) is 4. The lowest BCUT2D eigenvalue weighted by atomic mass is 9.99. The standard InChI is InChI=1S/C53H104O9/c1-3-5-7-9-11-13-15-17-19-20-21-22-23-24-25-26-27-28-30-32-34-36-38-40-42-49(55)61-47(46-60-53-52(58)51(57)50(56)48(44-54)62-53)45-59-43-41-39-37-35-33-31-29-18-16-14-12-10-8-6-4-2/h47-48,50-54,56-58H,3-46H2,1-2H3. The maximum absolute atomic E-state index is 12.8. The average molecular weight is 885 g/mol. The molecule has 0 bridgehead atoms. The zero-order chi connectivity index (χ0) is 45.0. The first kappa shape index (κ1) is 59.2. The fraction of sp³-hybridized carbons (Fsp3) is 0.981. The highest BCUT2D eigenvalue weighted by Crippen LogP contribution is 2.23. The molecule has 0 aromatic carbocycles. The summed E-state index contributed by atoms with van der Waals surface area (Å²) in [6, 6.07) is 0. The molecule has 0 radical (unpaired) electrons. The zero-order valence-electron chi connectivity index (χ0n) is 40.9. The van der Waals surface area contributed by atoms with Gasteiger partial charge in [0.15, 0.2) is 6.29 Å². The zero-order valence-corrected chi connectivity index (χ0v) is 40.9. The molecule has 9 nitrogen and oxygen atoms in total. The lowest BCUT2D eigenvalue weighted by molar-refractivity contribution is -0.305. The van der Waals surface area contributed by atoms with Gasteiger partial charge in [-0.3, -0.25) is 4.79 Å². The van der Waals surface area contributed by atoms with Gasteiger partial charge < -0.3 is 39.4 Å². The van der Waals surface area contributed by atoms with E-state index in [0.717, 1.165) is 32.1 Å². The highest BCUT2D eigenvalue weighted by Gasteiger charge is 2.44. The Kier molecular flexibility index (Phi) is 43.3. The fourth-order valence-electron chi connectivity index (χ4n) is 8.79. The van der Waals surface area contributed by atoms with Crippen LogP contribution in [-0.4, -0.2) is 89.6 Å². The van der Waals surface area contributed by atoms with Gasteiger partial charge in [-0.2, -0.15) is 0 Å². The summed E-state index contributed by atoms with van der Waals surface area (Å²) in [5.41, 5.74) is 0. The molecule has 1 aliphatic rings. The first-order valence-electron chi connectivity index (χ1n) is 27.1. The normalized spacial score (nSPS) is 19.6. The lowest BCUT2D eigenvalue weighted by Gasteiger charge is -2.39. The van der Waals surface area contributed by atoms with Crippen LogP contribution in [0.25, 0.3) is 0 Å². The predicted octanol–water partition coefficient (Wildman–Crippen LogP) is 13.4. The van der Waals surface area contributed by atoms with Crippen LogP contribution in [0.2, 0.25) is 0 Å². The third kappa shape index (κ3) is 35.5. The summed E-state index contributed by atoms with van der Waals surface area (Å²) in [6.07, 6.45) is 44.3. The average Bonchev–Trinajstić information content (AvgIpc) is 3.27. The van der Waals surface area contributed by atoms with Gasteiger partial charge >= 0.3 is 5.97 Å². The Morgan fingerprint density at radius 3 is 1.15 bits per heavy atom. The van der Waals surface area contributed by atoms with Gasteiger partial charge in [-0.05, 0) is 12.8 Å². The third-order valence-electron chi connectivity index (χ3n) is 13.0. The monoisotopic (exact) mass is 885 g/mol. The third-order valence-corrected chi connectivity index (χ3v) is 13.0. The quantitative estimate of drug-likeness (QED) is 0.0348. The minimum absolute atomic E-state index is 0.104. The summed E-state index contributed by atoms with van der Waals surface area (Å²) < 4.78 is 22.9. The van der Waals surface area contributed by atoms with Crippen LogP contribution in [-0.2, 0) is 23.7 Å². The maximum Gasteiger partial charge on any atom is 0.306 e. The first-order chi connectivity index (χ1) is 30.4. The Morgan fingerprint density at radius 2 is 0.790 bits per heavy atom. The van der Waals surface area contributed by atoms with Crippen molar-refractivity contribution < 1.29 is 44.2 Å². The number of rotatable bonds is 48. The van der Waals surface area contributed by atoms with Crippen LogP contribution in [0.15, 0.2) is 0 Å². The van der Waals surface area contributed by atoms with Crippen molar-refractivity contribution in [3.05, 3.63) is 0 Å². The summed E-state index contributed by atoms with van der Waals surface area (Å²) >= 11 is 0. The Bertz CT molecular complexity index is 920. The van der Waals surface area contributed by atoms with Crippen LogP contribution in [0.3, 0.4) is 0 Å². The largest absolute Gasteiger partial charge is 0.457 e. The molecule has 370 valence electrons. The van der Waals surface area contributed by atoms with E-state index in [1.165, 1.54) is 218 Å². The van der Waals surface area contributed by atoms with E-state index in [0.29, 0.717) is 13.0 Å². The van der Waals surface area contributed by atoms with Gasteiger partial charge in [-0.25, -0.2) is 0 Å². The van der Waals surface area contributed by atoms with Crippen molar-refractivity contribution in [2.45, 2.75) is 307 Å². The molecule has 0 saturated carbocycles. The number of esters is 1. The van der Waals surface area contributed by atoms with Crippen molar-refractivity contribution in [2.75, 3.05) is 26.4 Å². The van der Waals surface area contributed by atoms with Crippen molar-refractivity contribution in [2.24, 2.45) is 0 Å². The number of unbranched alkanes of at least 4 members (excludes halogenated alkanes) is 37. The van der Waals surface area contributed by atoms with Gasteiger partial charge in [0.2, 0.25) is 0 Å². The second-order valence-electron chi connectivity index (χ2n) is 19.0. The summed E-state index contributed by atoms with van der Waals surface area (Å²) in [7, 11) is 0. The Morgan fingerprint density at radius 1 is 0.452 bits per heavy atom. The molecule has 1 fully saturated rings. The number of carbonyl (C=O) groups is 1. The van der Waals surface area contributed by atoms with E-state index in [1.807, 2.05) is 0 Å². The molecule has 0 aliphatic carbocycles. The molecule has 1 aliphatic heterocycles. The van der Waals surface area contributed by atoms with Crippen LogP contribution in [0.1, 0.15) is 271 Å². The smallest absolute Gasteiger partial charge is 0.306 e. The molecular weight excluding hydrogens is 781 g/mol. The Balaban J connectivity index is 2.13. The fourth-order valence-corrected chi connectivity index (χ4v) is 8.79. The highest BCUT2D eigenvalue weighted by molar-refractivity contribution is 5.69. The first-order valence-corrected chi connectivity index (χ1v) is 27.1. The van der Waals surface area contributed by atoms with Crippen molar-refractivity contribution in [3.8, 4) is 0 Å². The van der Waals surface area contributed by atoms with E-state index in [9.17, 15) is 25.2 Å². The van der Waals surface area contributed by atoms with E-state index in [2.05, 4.69) is 13.8 Å². The van der Waals surface area contributed by atoms with Gasteiger partial charge in [0.25, 0.3) is 0 Å². The number of aliphatic hydroxyl groups excluding tert-OH is 4. The molecular formula is C53H104O9. The van der Waals surface area contributed by atoms with E-state index in [-0.39, 0.29) is 19.2 Å². The van der Waals surface area contributed by atoms with Crippen LogP contribution >= 0.6 is 0 Å². The minimum atomic E-state index is -1.53. The minimum Gasteiger partial charge on any atom is -0.457 e. The molecule has 1 saturated heterocycles. The molecule has 0 aromatic heterocycles. The van der Waals surface area contributed by atoms with Gasteiger partial charge in [0.1, 0.15) is 30.5 Å². The molecule has 0 spiro atoms. The Labute approximate surface area is 383 Å². The molecule has 6 atom stereocenters. The highest BCUT2D eigenvalue weighted by atomic mass is 16.7. The Hall–Kier alpha value is -0.810. The summed E-state index contributed by atoms with van der Waals surface area (Å²) in [5.74, 6) is -0.304. The van der Waals surface area contributed by atoms with Crippen LogP contribution in [0, 0.1) is 0 Å². The van der Waals surface area contributed by atoms with Crippen molar-refractivity contribution >= 4 is 5.97 Å². The van der Waals surface area contributed by atoms with E-state index >= 15 is 0 Å². The topological polar surface area (TPSA) is 135 Å². The van der Waals surface area contributed by atoms with Crippen molar-refractivity contribution in [1.29, 1.82) is 0 Å². The SMILES string of the molecule is CCCCCCCCCCCCCCCCCCCCCCCCCCC(=O)OC(COCCCCCCCCCCCCCCCCC)COC1OC(CO)C(O)C(O)C1O. The molecule has 0 amide bonds. The number of hydrogen-bond acceptors (Lipinski definition) is 9. The van der Waals surface area contributed by atoms with Gasteiger partial charge in [-0.1, -0.05) is 251 Å². The molecule has 1 rings (SSSR count). The molecule has 6 unspecified atom stereocenters. The van der Waals surface area contributed by atoms with Crippen molar-refractivity contribution in [1.82, 2.24) is 0 Å². The molecule has 9 heteroatoms. The van der Waals surface area contributed by atoms with Gasteiger partial charge in [0.05, 0.1) is 19.8 Å². The summed E-state index contributed by atoms with van der Waals surface area (Å²) in [4.78, 5) is 12.8. The number of ether oxygens (including phenoxy) is 4. The second-order valence-corrected chi connectivity index (χ2v) is 19.0. The van der Waals surface area contributed by atoms with Gasteiger partial charge in [0, 0.05) is 13.0 Å². The molecule has 1 heterocycles. The lowest BCUT2D eigenvalue weighted by Crippen LogP contribution is -2.59. The van der Waals surface area contributed by atoms with E-state index in [1.54, 1.807) is 0 Å². The van der Waals surface area contributed by atoms with Crippen LogP contribution in [0.4, 0.5) is 0 Å².